The molecule has 0 saturated carbocycles. The lowest BCUT2D eigenvalue weighted by Gasteiger charge is -2.17. The fourth-order valence-corrected chi connectivity index (χ4v) is 2.30. The van der Waals surface area contributed by atoms with Gasteiger partial charge < -0.3 is 15.7 Å². The number of hydrogen-bond donors (Lipinski definition) is 3. The van der Waals surface area contributed by atoms with Gasteiger partial charge in [0.25, 0.3) is 0 Å². The van der Waals surface area contributed by atoms with Gasteiger partial charge in [-0.3, -0.25) is 4.79 Å². The number of unbranched alkanes of at least 4 members (excludes halogenated alkanes) is 2. The molecule has 0 aromatic rings. The molecule has 0 radical (unpaired) electrons. The summed E-state index contributed by atoms with van der Waals surface area (Å²) in [5, 5.41) is 15.0. The molecule has 0 bridgehead atoms. The number of carbonyl (C=O) groups excluding carboxylic acids is 1. The molecule has 1 aliphatic carbocycles. The number of carboxylic acid groups (broad SMARTS) is 1. The van der Waals surface area contributed by atoms with Crippen molar-refractivity contribution >= 4 is 11.9 Å². The molecular formula is C14H24N2O3. The highest BCUT2D eigenvalue weighted by atomic mass is 16.4. The Morgan fingerprint density at radius 1 is 1.05 bits per heavy atom. The Balaban J connectivity index is 2.37. The van der Waals surface area contributed by atoms with Crippen molar-refractivity contribution in [3.63, 3.8) is 0 Å². The molecule has 0 heterocycles. The predicted octanol–water partition coefficient (Wildman–Crippen LogP) is 1.45. The van der Waals surface area contributed by atoms with Gasteiger partial charge in [-0.2, -0.15) is 0 Å². The van der Waals surface area contributed by atoms with Crippen LogP contribution in [0.1, 0.15) is 44.9 Å². The molecule has 0 unspecified atom stereocenters. The van der Waals surface area contributed by atoms with Gasteiger partial charge in [0, 0.05) is 17.7 Å². The third-order valence-corrected chi connectivity index (χ3v) is 3.39. The summed E-state index contributed by atoms with van der Waals surface area (Å²) in [5.74, 6) is -1.13. The van der Waals surface area contributed by atoms with E-state index in [1.807, 2.05) is 7.05 Å². The molecule has 0 fully saturated rings. The van der Waals surface area contributed by atoms with E-state index in [0.717, 1.165) is 38.6 Å². The van der Waals surface area contributed by atoms with Crippen LogP contribution >= 0.6 is 0 Å². The Labute approximate surface area is 114 Å². The van der Waals surface area contributed by atoms with Crippen LogP contribution in [0.15, 0.2) is 11.1 Å². The first kappa shape index (κ1) is 15.7. The first-order valence-electron chi connectivity index (χ1n) is 7.05. The Hall–Kier alpha value is -1.36. The summed E-state index contributed by atoms with van der Waals surface area (Å²) in [6, 6.07) is 0. The average Bonchev–Trinajstić information content (AvgIpc) is 2.42. The second-order valence-electron chi connectivity index (χ2n) is 4.89. The topological polar surface area (TPSA) is 78.4 Å². The van der Waals surface area contributed by atoms with E-state index in [0.29, 0.717) is 30.5 Å². The molecule has 19 heavy (non-hydrogen) atoms. The Kier molecular flexibility index (Phi) is 7.18. The van der Waals surface area contributed by atoms with Crippen LogP contribution in [0, 0.1) is 0 Å². The van der Waals surface area contributed by atoms with Crippen molar-refractivity contribution < 1.29 is 14.7 Å². The van der Waals surface area contributed by atoms with Gasteiger partial charge in [-0.05, 0) is 52.1 Å². The molecule has 0 aromatic carbocycles. The Morgan fingerprint density at radius 2 is 1.68 bits per heavy atom. The van der Waals surface area contributed by atoms with E-state index in [1.165, 1.54) is 0 Å². The molecule has 0 atom stereocenters. The number of rotatable bonds is 8. The number of carbonyl (C=O) groups is 2. The summed E-state index contributed by atoms with van der Waals surface area (Å²) >= 11 is 0. The largest absolute Gasteiger partial charge is 0.478 e. The highest BCUT2D eigenvalue weighted by Crippen LogP contribution is 2.24. The first-order chi connectivity index (χ1) is 9.16. The summed E-state index contributed by atoms with van der Waals surface area (Å²) < 4.78 is 0. The normalized spacial score (nSPS) is 15.4. The number of hydrogen-bond acceptors (Lipinski definition) is 3. The van der Waals surface area contributed by atoms with Gasteiger partial charge in [0.1, 0.15) is 0 Å². The van der Waals surface area contributed by atoms with Gasteiger partial charge in [0.2, 0.25) is 5.91 Å². The van der Waals surface area contributed by atoms with Crippen molar-refractivity contribution in [3.05, 3.63) is 11.1 Å². The monoisotopic (exact) mass is 268 g/mol. The summed E-state index contributed by atoms with van der Waals surface area (Å²) in [6.45, 7) is 1.61. The maximum Gasteiger partial charge on any atom is 0.332 e. The van der Waals surface area contributed by atoms with E-state index in [2.05, 4.69) is 10.6 Å². The minimum atomic E-state index is -0.945. The van der Waals surface area contributed by atoms with Crippen LogP contribution in [0.2, 0.25) is 0 Å². The average molecular weight is 268 g/mol. The molecule has 0 aliphatic heterocycles. The van der Waals surface area contributed by atoms with Gasteiger partial charge in [0.05, 0.1) is 0 Å². The maximum absolute atomic E-state index is 12.0. The summed E-state index contributed by atoms with van der Waals surface area (Å²) in [5.41, 5.74) is 0.785. The first-order valence-corrected chi connectivity index (χ1v) is 7.05. The van der Waals surface area contributed by atoms with Crippen molar-refractivity contribution in [3.8, 4) is 0 Å². The number of carboxylic acids is 1. The lowest BCUT2D eigenvalue weighted by molar-refractivity contribution is -0.133. The SMILES string of the molecule is CNCCCCCNC(=O)C1=C(C(=O)O)CCCC1. The molecule has 1 amide bonds. The van der Waals surface area contributed by atoms with Gasteiger partial charge in [0.15, 0.2) is 0 Å². The van der Waals surface area contributed by atoms with E-state index in [1.54, 1.807) is 0 Å². The maximum atomic E-state index is 12.0. The quantitative estimate of drug-likeness (QED) is 0.582. The zero-order valence-electron chi connectivity index (χ0n) is 11.6. The van der Waals surface area contributed by atoms with Crippen LogP contribution in [-0.4, -0.2) is 37.1 Å². The van der Waals surface area contributed by atoms with Crippen LogP contribution in [-0.2, 0) is 9.59 Å². The standard InChI is InChI=1S/C14H24N2O3/c1-15-9-5-2-6-10-16-13(17)11-7-3-4-8-12(11)14(18)19/h15H,2-10H2,1H3,(H,16,17)(H,18,19). The van der Waals surface area contributed by atoms with Crippen molar-refractivity contribution in [2.24, 2.45) is 0 Å². The van der Waals surface area contributed by atoms with Crippen molar-refractivity contribution in [1.82, 2.24) is 10.6 Å². The minimum absolute atomic E-state index is 0.189. The summed E-state index contributed by atoms with van der Waals surface area (Å²) in [4.78, 5) is 23.0. The molecule has 0 spiro atoms. The Morgan fingerprint density at radius 3 is 2.32 bits per heavy atom. The van der Waals surface area contributed by atoms with Crippen LogP contribution in [0.25, 0.3) is 0 Å². The zero-order valence-corrected chi connectivity index (χ0v) is 11.6. The highest BCUT2D eigenvalue weighted by molar-refractivity contribution is 6.02. The van der Waals surface area contributed by atoms with E-state index < -0.39 is 5.97 Å². The van der Waals surface area contributed by atoms with Gasteiger partial charge >= 0.3 is 5.97 Å². The molecule has 1 rings (SSSR count). The molecule has 0 saturated heterocycles. The molecule has 1 aliphatic rings. The van der Waals surface area contributed by atoms with E-state index >= 15 is 0 Å². The van der Waals surface area contributed by atoms with E-state index in [-0.39, 0.29) is 5.91 Å². The molecule has 5 nitrogen and oxygen atoms in total. The lowest BCUT2D eigenvalue weighted by Crippen LogP contribution is -2.29. The van der Waals surface area contributed by atoms with Crippen molar-refractivity contribution in [1.29, 1.82) is 0 Å². The highest BCUT2D eigenvalue weighted by Gasteiger charge is 2.22. The molecule has 0 aromatic heterocycles. The van der Waals surface area contributed by atoms with Gasteiger partial charge in [-0.25, -0.2) is 4.79 Å². The smallest absolute Gasteiger partial charge is 0.332 e. The molecule has 3 N–H and O–H groups in total. The minimum Gasteiger partial charge on any atom is -0.478 e. The summed E-state index contributed by atoms with van der Waals surface area (Å²) in [6.07, 6.45) is 5.96. The summed E-state index contributed by atoms with van der Waals surface area (Å²) in [7, 11) is 1.92. The second-order valence-corrected chi connectivity index (χ2v) is 4.89. The molecule has 108 valence electrons. The lowest BCUT2D eigenvalue weighted by atomic mass is 9.91. The second kappa shape index (κ2) is 8.69. The van der Waals surface area contributed by atoms with Crippen LogP contribution < -0.4 is 10.6 Å². The van der Waals surface area contributed by atoms with Crippen molar-refractivity contribution in [2.45, 2.75) is 44.9 Å². The van der Waals surface area contributed by atoms with Crippen LogP contribution in [0.3, 0.4) is 0 Å². The molecule has 5 heteroatoms. The number of aliphatic carboxylic acids is 1. The van der Waals surface area contributed by atoms with Crippen LogP contribution in [0.5, 0.6) is 0 Å². The third-order valence-electron chi connectivity index (χ3n) is 3.39. The predicted molar refractivity (Wildman–Crippen MR) is 73.9 cm³/mol. The number of nitrogens with one attached hydrogen (secondary N) is 2. The van der Waals surface area contributed by atoms with Gasteiger partial charge in [-0.15, -0.1) is 0 Å². The van der Waals surface area contributed by atoms with E-state index in [9.17, 15) is 9.59 Å². The zero-order chi connectivity index (χ0) is 14.1. The molecular weight excluding hydrogens is 244 g/mol. The van der Waals surface area contributed by atoms with Crippen LogP contribution in [0.4, 0.5) is 0 Å². The van der Waals surface area contributed by atoms with Gasteiger partial charge in [-0.1, -0.05) is 6.42 Å². The fraction of sp³-hybridized carbons (Fsp3) is 0.714. The third kappa shape index (κ3) is 5.42. The number of amides is 1. The van der Waals surface area contributed by atoms with Crippen molar-refractivity contribution in [2.75, 3.05) is 20.1 Å². The van der Waals surface area contributed by atoms with E-state index in [4.69, 9.17) is 5.11 Å². The Bertz CT molecular complexity index is 351. The fourth-order valence-electron chi connectivity index (χ4n) is 2.30.